The minimum atomic E-state index is 0.609. The molecule has 18 heavy (non-hydrogen) atoms. The summed E-state index contributed by atoms with van der Waals surface area (Å²) in [5.41, 5.74) is 2.65. The van der Waals surface area contributed by atoms with Crippen LogP contribution in [0.3, 0.4) is 0 Å². The third-order valence-electron chi connectivity index (χ3n) is 4.72. The van der Waals surface area contributed by atoms with Gasteiger partial charge in [0.2, 0.25) is 0 Å². The van der Waals surface area contributed by atoms with Crippen molar-refractivity contribution in [2.45, 2.75) is 39.3 Å². The lowest BCUT2D eigenvalue weighted by Crippen LogP contribution is -2.35. The molecule has 0 spiro atoms. The van der Waals surface area contributed by atoms with Gasteiger partial charge in [-0.1, -0.05) is 12.2 Å². The van der Waals surface area contributed by atoms with Gasteiger partial charge in [0.1, 0.15) is 0 Å². The zero-order chi connectivity index (χ0) is 12.5. The van der Waals surface area contributed by atoms with Crippen LogP contribution in [0.1, 0.15) is 30.9 Å². The quantitative estimate of drug-likeness (QED) is 0.821. The Kier molecular flexibility index (Phi) is 3.21. The first-order valence-corrected chi connectivity index (χ1v) is 7.05. The number of allylic oxidation sites excluding steroid dienone is 2. The van der Waals surface area contributed by atoms with E-state index in [0.29, 0.717) is 6.04 Å². The van der Waals surface area contributed by atoms with Crippen LogP contribution in [0, 0.1) is 24.7 Å². The monoisotopic (exact) mass is 242 g/mol. The number of hydrogen-bond acceptors (Lipinski definition) is 2. The van der Waals surface area contributed by atoms with Gasteiger partial charge in [0.05, 0.1) is 0 Å². The highest BCUT2D eigenvalue weighted by molar-refractivity contribution is 5.21. The maximum absolute atomic E-state index is 4.14. The number of nitrogens with zero attached hydrogens (tertiary/aromatic N) is 1. The molecule has 1 heterocycles. The van der Waals surface area contributed by atoms with Gasteiger partial charge in [0, 0.05) is 25.0 Å². The standard InChI is InChI=1S/C16H22N2/c1-11-9-17-6-5-15(11)10-18-12(2)16-8-13-3-4-14(16)7-13/h3-6,9,12-14,16,18H,7-8,10H2,1-2H3. The van der Waals surface area contributed by atoms with Crippen LogP contribution in [0.2, 0.25) is 0 Å². The van der Waals surface area contributed by atoms with Crippen LogP contribution >= 0.6 is 0 Å². The van der Waals surface area contributed by atoms with Gasteiger partial charge in [-0.25, -0.2) is 0 Å². The molecule has 0 aliphatic heterocycles. The van der Waals surface area contributed by atoms with Gasteiger partial charge in [0.25, 0.3) is 0 Å². The van der Waals surface area contributed by atoms with Crippen LogP contribution in [0.25, 0.3) is 0 Å². The number of fused-ring (bicyclic) bond motifs is 2. The van der Waals surface area contributed by atoms with Crippen molar-refractivity contribution >= 4 is 0 Å². The fourth-order valence-corrected chi connectivity index (χ4v) is 3.52. The Balaban J connectivity index is 1.57. The average molecular weight is 242 g/mol. The minimum Gasteiger partial charge on any atom is -0.310 e. The number of aromatic nitrogens is 1. The summed E-state index contributed by atoms with van der Waals surface area (Å²) in [6, 6.07) is 2.73. The molecule has 2 aliphatic carbocycles. The van der Waals surface area contributed by atoms with Gasteiger partial charge >= 0.3 is 0 Å². The number of pyridine rings is 1. The lowest BCUT2D eigenvalue weighted by atomic mass is 9.87. The van der Waals surface area contributed by atoms with E-state index < -0.39 is 0 Å². The Morgan fingerprint density at radius 2 is 2.28 bits per heavy atom. The highest BCUT2D eigenvalue weighted by Crippen LogP contribution is 2.44. The molecule has 0 aromatic carbocycles. The second kappa shape index (κ2) is 4.85. The predicted molar refractivity (Wildman–Crippen MR) is 74.1 cm³/mol. The Bertz CT molecular complexity index is 452. The Hall–Kier alpha value is -1.15. The van der Waals surface area contributed by atoms with E-state index in [2.05, 4.69) is 42.4 Å². The Morgan fingerprint density at radius 1 is 1.39 bits per heavy atom. The highest BCUT2D eigenvalue weighted by atomic mass is 14.9. The molecule has 0 radical (unpaired) electrons. The third-order valence-corrected chi connectivity index (χ3v) is 4.72. The highest BCUT2D eigenvalue weighted by Gasteiger charge is 2.38. The maximum atomic E-state index is 4.14. The van der Waals surface area contributed by atoms with Gasteiger partial charge in [-0.05, 0) is 61.6 Å². The lowest BCUT2D eigenvalue weighted by molar-refractivity contribution is 0.326. The number of rotatable bonds is 4. The Morgan fingerprint density at radius 3 is 2.94 bits per heavy atom. The van der Waals surface area contributed by atoms with Crippen LogP contribution in [-0.2, 0) is 6.54 Å². The third kappa shape index (κ3) is 2.22. The van der Waals surface area contributed by atoms with E-state index in [0.717, 1.165) is 24.3 Å². The smallest absolute Gasteiger partial charge is 0.0300 e. The largest absolute Gasteiger partial charge is 0.310 e. The molecule has 2 heteroatoms. The van der Waals surface area contributed by atoms with Gasteiger partial charge in [-0.15, -0.1) is 0 Å². The summed E-state index contributed by atoms with van der Waals surface area (Å²) in [5, 5.41) is 3.70. The summed E-state index contributed by atoms with van der Waals surface area (Å²) in [5.74, 6) is 2.53. The van der Waals surface area contributed by atoms with E-state index in [1.807, 2.05) is 12.4 Å². The van der Waals surface area contributed by atoms with Crippen molar-refractivity contribution in [3.63, 3.8) is 0 Å². The van der Waals surface area contributed by atoms with Crippen molar-refractivity contribution in [1.29, 1.82) is 0 Å². The number of hydrogen-bond donors (Lipinski definition) is 1. The molecule has 0 saturated heterocycles. The average Bonchev–Trinajstić information content (AvgIpc) is 2.99. The second-order valence-corrected chi connectivity index (χ2v) is 5.92. The fraction of sp³-hybridized carbons (Fsp3) is 0.562. The molecule has 96 valence electrons. The second-order valence-electron chi connectivity index (χ2n) is 5.92. The molecular formula is C16H22N2. The predicted octanol–water partition coefficient (Wildman–Crippen LogP) is 3.08. The van der Waals surface area contributed by atoms with Crippen molar-refractivity contribution < 1.29 is 0 Å². The van der Waals surface area contributed by atoms with Crippen molar-refractivity contribution in [3.8, 4) is 0 Å². The molecule has 1 fully saturated rings. The molecule has 1 N–H and O–H groups in total. The van der Waals surface area contributed by atoms with Gasteiger partial charge in [-0.2, -0.15) is 0 Å². The molecule has 2 bridgehead atoms. The van der Waals surface area contributed by atoms with E-state index in [-0.39, 0.29) is 0 Å². The van der Waals surface area contributed by atoms with E-state index in [9.17, 15) is 0 Å². The summed E-state index contributed by atoms with van der Waals surface area (Å²) in [7, 11) is 0. The molecule has 1 saturated carbocycles. The van der Waals surface area contributed by atoms with Crippen molar-refractivity contribution in [3.05, 3.63) is 41.7 Å². The van der Waals surface area contributed by atoms with Crippen molar-refractivity contribution in [2.75, 3.05) is 0 Å². The molecule has 2 nitrogen and oxygen atoms in total. The van der Waals surface area contributed by atoms with Crippen LogP contribution in [0.4, 0.5) is 0 Å². The van der Waals surface area contributed by atoms with Crippen LogP contribution < -0.4 is 5.32 Å². The van der Waals surface area contributed by atoms with E-state index in [4.69, 9.17) is 0 Å². The zero-order valence-electron chi connectivity index (χ0n) is 11.3. The molecular weight excluding hydrogens is 220 g/mol. The minimum absolute atomic E-state index is 0.609. The van der Waals surface area contributed by atoms with E-state index in [1.54, 1.807) is 0 Å². The first-order chi connectivity index (χ1) is 8.74. The van der Waals surface area contributed by atoms with Crippen molar-refractivity contribution in [2.24, 2.45) is 17.8 Å². The normalized spacial score (nSPS) is 30.9. The van der Waals surface area contributed by atoms with Gasteiger partial charge in [0.15, 0.2) is 0 Å². The molecule has 4 atom stereocenters. The summed E-state index contributed by atoms with van der Waals surface area (Å²) < 4.78 is 0. The van der Waals surface area contributed by atoms with Gasteiger partial charge < -0.3 is 5.32 Å². The van der Waals surface area contributed by atoms with Gasteiger partial charge in [-0.3, -0.25) is 4.98 Å². The van der Waals surface area contributed by atoms with Crippen LogP contribution in [-0.4, -0.2) is 11.0 Å². The lowest BCUT2D eigenvalue weighted by Gasteiger charge is -2.26. The van der Waals surface area contributed by atoms with E-state index in [1.165, 1.54) is 24.0 Å². The Labute approximate surface area is 110 Å². The maximum Gasteiger partial charge on any atom is 0.0300 e. The summed E-state index contributed by atoms with van der Waals surface area (Å²) in [6.45, 7) is 5.44. The summed E-state index contributed by atoms with van der Waals surface area (Å²) in [6.07, 6.45) is 11.5. The fourth-order valence-electron chi connectivity index (χ4n) is 3.52. The molecule has 1 aromatic rings. The summed E-state index contributed by atoms with van der Waals surface area (Å²) >= 11 is 0. The van der Waals surface area contributed by atoms with Crippen LogP contribution in [0.5, 0.6) is 0 Å². The number of nitrogens with one attached hydrogen (secondary N) is 1. The van der Waals surface area contributed by atoms with E-state index >= 15 is 0 Å². The molecule has 0 amide bonds. The molecule has 4 unspecified atom stereocenters. The topological polar surface area (TPSA) is 24.9 Å². The molecule has 1 aromatic heterocycles. The zero-order valence-corrected chi connectivity index (χ0v) is 11.3. The first-order valence-electron chi connectivity index (χ1n) is 7.05. The molecule has 3 rings (SSSR count). The summed E-state index contributed by atoms with van der Waals surface area (Å²) in [4.78, 5) is 4.14. The number of aryl methyl sites for hydroxylation is 1. The van der Waals surface area contributed by atoms with Crippen LogP contribution in [0.15, 0.2) is 30.6 Å². The first kappa shape index (κ1) is 11.9. The molecule has 2 aliphatic rings. The SMILES string of the molecule is Cc1cnccc1CNC(C)C1CC2C=CC1C2. The van der Waals surface area contributed by atoms with Crippen molar-refractivity contribution in [1.82, 2.24) is 10.3 Å².